The Morgan fingerprint density at radius 1 is 1.06 bits per heavy atom. The van der Waals surface area contributed by atoms with Crippen molar-refractivity contribution < 1.29 is 14.6 Å². The van der Waals surface area contributed by atoms with Crippen LogP contribution >= 0.6 is 12.2 Å². The van der Waals surface area contributed by atoms with Gasteiger partial charge in [0.15, 0.2) is 5.11 Å². The zero-order valence-corrected chi connectivity index (χ0v) is 17.4. The number of nitrogens with zero attached hydrogens (tertiary/aromatic N) is 2. The lowest BCUT2D eigenvalue weighted by Crippen LogP contribution is -2.47. The van der Waals surface area contributed by atoms with Gasteiger partial charge in [-0.15, -0.1) is 0 Å². The number of nitro benzene ring substituents is 2. The van der Waals surface area contributed by atoms with Gasteiger partial charge in [0.25, 0.3) is 17.3 Å². The first-order chi connectivity index (χ1) is 14.7. The third kappa shape index (κ3) is 4.83. The molecule has 0 saturated heterocycles. The number of benzene rings is 2. The molecule has 31 heavy (non-hydrogen) atoms. The summed E-state index contributed by atoms with van der Waals surface area (Å²) < 4.78 is 0. The number of nitrogens with one attached hydrogen (secondary N) is 3. The normalized spacial score (nSPS) is 15.8. The van der Waals surface area contributed by atoms with E-state index in [2.05, 4.69) is 16.0 Å². The minimum atomic E-state index is -0.746. The van der Waals surface area contributed by atoms with Gasteiger partial charge < -0.3 is 16.0 Å². The molecular formula is C20H19N5O5S. The Labute approximate surface area is 182 Å². The summed E-state index contributed by atoms with van der Waals surface area (Å²) in [5.41, 5.74) is 1.31. The molecule has 0 radical (unpaired) electrons. The molecule has 3 rings (SSSR count). The van der Waals surface area contributed by atoms with Crippen LogP contribution in [-0.4, -0.2) is 20.9 Å². The number of anilines is 1. The maximum absolute atomic E-state index is 13.3. The molecule has 0 spiro atoms. The van der Waals surface area contributed by atoms with Gasteiger partial charge in [-0.3, -0.25) is 25.0 Å². The maximum Gasteiger partial charge on any atom is 0.271 e. The van der Waals surface area contributed by atoms with E-state index in [4.69, 9.17) is 12.2 Å². The van der Waals surface area contributed by atoms with E-state index in [-0.39, 0.29) is 33.7 Å². The smallest absolute Gasteiger partial charge is 0.271 e. The third-order valence-electron chi connectivity index (χ3n) is 4.65. The van der Waals surface area contributed by atoms with Crippen molar-refractivity contribution in [3.05, 3.63) is 85.6 Å². The molecular weight excluding hydrogens is 422 g/mol. The van der Waals surface area contributed by atoms with Crippen LogP contribution in [0, 0.1) is 26.1 Å². The van der Waals surface area contributed by atoms with Crippen molar-refractivity contribution >= 4 is 40.3 Å². The highest BCUT2D eigenvalue weighted by molar-refractivity contribution is 7.80. The second-order valence-corrected chi connectivity index (χ2v) is 7.54. The van der Waals surface area contributed by atoms with E-state index in [0.29, 0.717) is 11.3 Å². The second kappa shape index (κ2) is 8.88. The standard InChI is InChI=1S/C20H19N5O5S/c1-11(2)17-16(19(26)21-13-6-4-8-15(10-13)25(29)30)18(23-20(31)22-17)12-5-3-7-14(9-12)24(27)28/h3-11,18H,1-2H3,(H,21,26)(H2,22,23,31). The zero-order chi connectivity index (χ0) is 22.7. The molecule has 1 amide bonds. The Kier molecular flexibility index (Phi) is 6.25. The average molecular weight is 441 g/mol. The minimum absolute atomic E-state index is 0.117. The number of hydrogen-bond donors (Lipinski definition) is 3. The maximum atomic E-state index is 13.3. The quantitative estimate of drug-likeness (QED) is 0.351. The van der Waals surface area contributed by atoms with Crippen molar-refractivity contribution in [2.45, 2.75) is 19.9 Å². The van der Waals surface area contributed by atoms with Crippen LogP contribution in [-0.2, 0) is 4.79 Å². The number of hydrogen-bond acceptors (Lipinski definition) is 6. The number of rotatable bonds is 6. The summed E-state index contributed by atoms with van der Waals surface area (Å²) in [6.45, 7) is 3.75. The third-order valence-corrected chi connectivity index (χ3v) is 4.87. The summed E-state index contributed by atoms with van der Waals surface area (Å²) in [4.78, 5) is 34.5. The van der Waals surface area contributed by atoms with Crippen molar-refractivity contribution in [2.75, 3.05) is 5.32 Å². The number of allylic oxidation sites excluding steroid dienone is 1. The summed E-state index contributed by atoms with van der Waals surface area (Å²) in [7, 11) is 0. The number of nitro groups is 2. The van der Waals surface area contributed by atoms with Gasteiger partial charge in [0.2, 0.25) is 0 Å². The summed E-state index contributed by atoms with van der Waals surface area (Å²) in [6.07, 6.45) is 0. The van der Waals surface area contributed by atoms with Gasteiger partial charge >= 0.3 is 0 Å². The number of amides is 1. The molecule has 0 saturated carbocycles. The monoisotopic (exact) mass is 441 g/mol. The molecule has 10 nitrogen and oxygen atoms in total. The molecule has 2 aromatic carbocycles. The molecule has 0 aliphatic carbocycles. The number of carbonyl (C=O) groups is 1. The van der Waals surface area contributed by atoms with Crippen LogP contribution in [0.1, 0.15) is 25.5 Å². The molecule has 1 atom stereocenters. The van der Waals surface area contributed by atoms with Crippen molar-refractivity contribution in [3.8, 4) is 0 Å². The second-order valence-electron chi connectivity index (χ2n) is 7.13. The van der Waals surface area contributed by atoms with Crippen molar-refractivity contribution in [1.29, 1.82) is 0 Å². The highest BCUT2D eigenvalue weighted by Gasteiger charge is 2.33. The van der Waals surface area contributed by atoms with Gasteiger partial charge in [-0.2, -0.15) is 0 Å². The predicted octanol–water partition coefficient (Wildman–Crippen LogP) is 3.57. The van der Waals surface area contributed by atoms with Crippen LogP contribution < -0.4 is 16.0 Å². The van der Waals surface area contributed by atoms with Crippen molar-refractivity contribution in [3.63, 3.8) is 0 Å². The highest BCUT2D eigenvalue weighted by atomic mass is 32.1. The molecule has 0 aromatic heterocycles. The van der Waals surface area contributed by atoms with Gasteiger partial charge in [0, 0.05) is 35.6 Å². The van der Waals surface area contributed by atoms with Crippen LogP contribution in [0.25, 0.3) is 0 Å². The molecule has 11 heteroatoms. The first-order valence-electron chi connectivity index (χ1n) is 9.29. The van der Waals surface area contributed by atoms with E-state index >= 15 is 0 Å². The molecule has 0 fully saturated rings. The minimum Gasteiger partial charge on any atom is -0.351 e. The van der Waals surface area contributed by atoms with E-state index in [1.54, 1.807) is 6.07 Å². The van der Waals surface area contributed by atoms with Crippen LogP contribution in [0.4, 0.5) is 17.1 Å². The summed E-state index contributed by atoms with van der Waals surface area (Å²) >= 11 is 5.28. The van der Waals surface area contributed by atoms with Crippen LogP contribution in [0.5, 0.6) is 0 Å². The molecule has 1 heterocycles. The fourth-order valence-corrected chi connectivity index (χ4v) is 3.48. The molecule has 160 valence electrons. The SMILES string of the molecule is CC(C)C1=C(C(=O)Nc2cccc([N+](=O)[O-])c2)C(c2cccc([N+](=O)[O-])c2)NC(=S)N1. The zero-order valence-electron chi connectivity index (χ0n) is 16.6. The Bertz CT molecular complexity index is 1110. The lowest BCUT2D eigenvalue weighted by atomic mass is 9.90. The number of non-ortho nitro benzene ring substituents is 2. The molecule has 1 aliphatic heterocycles. The summed E-state index contributed by atoms with van der Waals surface area (Å²) in [5, 5.41) is 31.2. The Morgan fingerprint density at radius 3 is 2.29 bits per heavy atom. The first-order valence-corrected chi connectivity index (χ1v) is 9.70. The molecule has 1 aliphatic rings. The van der Waals surface area contributed by atoms with Gasteiger partial charge in [-0.1, -0.05) is 32.0 Å². The Balaban J connectivity index is 2.05. The van der Waals surface area contributed by atoms with E-state index in [9.17, 15) is 25.0 Å². The van der Waals surface area contributed by atoms with Gasteiger partial charge in [0.05, 0.1) is 21.5 Å². The fraction of sp³-hybridized carbons (Fsp3) is 0.200. The number of thiocarbonyl (C=S) groups is 1. The summed E-state index contributed by atoms with van der Waals surface area (Å²) in [5.74, 6) is -0.629. The van der Waals surface area contributed by atoms with Gasteiger partial charge in [-0.25, -0.2) is 0 Å². The molecule has 3 N–H and O–H groups in total. The number of carbonyl (C=O) groups excluding carboxylic acids is 1. The first kappa shape index (κ1) is 21.8. The van der Waals surface area contributed by atoms with Crippen LogP contribution in [0.2, 0.25) is 0 Å². The van der Waals surface area contributed by atoms with E-state index < -0.39 is 21.8 Å². The lowest BCUT2D eigenvalue weighted by Gasteiger charge is -2.33. The van der Waals surface area contributed by atoms with Crippen molar-refractivity contribution in [1.82, 2.24) is 10.6 Å². The predicted molar refractivity (Wildman–Crippen MR) is 118 cm³/mol. The molecule has 0 bridgehead atoms. The Hall–Kier alpha value is -3.86. The fourth-order valence-electron chi connectivity index (χ4n) is 3.26. The van der Waals surface area contributed by atoms with E-state index in [1.165, 1.54) is 42.5 Å². The highest BCUT2D eigenvalue weighted by Crippen LogP contribution is 2.32. The lowest BCUT2D eigenvalue weighted by molar-refractivity contribution is -0.385. The molecule has 2 aromatic rings. The molecule has 1 unspecified atom stereocenters. The van der Waals surface area contributed by atoms with E-state index in [1.807, 2.05) is 13.8 Å². The topological polar surface area (TPSA) is 139 Å². The largest absolute Gasteiger partial charge is 0.351 e. The van der Waals surface area contributed by atoms with Crippen molar-refractivity contribution in [2.24, 2.45) is 5.92 Å². The average Bonchev–Trinajstić information content (AvgIpc) is 2.73. The van der Waals surface area contributed by atoms with Crippen LogP contribution in [0.15, 0.2) is 59.8 Å². The van der Waals surface area contributed by atoms with Crippen LogP contribution in [0.3, 0.4) is 0 Å². The summed E-state index contributed by atoms with van der Waals surface area (Å²) in [6, 6.07) is 10.8. The van der Waals surface area contributed by atoms with Gasteiger partial charge in [-0.05, 0) is 29.8 Å². The van der Waals surface area contributed by atoms with Gasteiger partial charge in [0.1, 0.15) is 0 Å². The Morgan fingerprint density at radius 2 is 1.68 bits per heavy atom. The van der Waals surface area contributed by atoms with E-state index in [0.717, 1.165) is 0 Å².